The summed E-state index contributed by atoms with van der Waals surface area (Å²) in [5, 5.41) is 22.6. The summed E-state index contributed by atoms with van der Waals surface area (Å²) in [6.45, 7) is 0.0392. The summed E-state index contributed by atoms with van der Waals surface area (Å²) in [6, 6.07) is 14.8. The first kappa shape index (κ1) is 20.7. The van der Waals surface area contributed by atoms with E-state index >= 15 is 0 Å². The number of nitrogens with one attached hydrogen (secondary N) is 2. The summed E-state index contributed by atoms with van der Waals surface area (Å²) in [7, 11) is 0. The molecule has 0 saturated carbocycles. The zero-order valence-electron chi connectivity index (χ0n) is 16.3. The molecule has 1 unspecified atom stereocenters. The number of hydrogen-bond acceptors (Lipinski definition) is 3. The van der Waals surface area contributed by atoms with Crippen LogP contribution in [0.2, 0.25) is 0 Å². The maximum atomic E-state index is 12.7. The molecule has 0 aliphatic rings. The molecule has 1 amide bonds. The van der Waals surface area contributed by atoms with Gasteiger partial charge in [-0.3, -0.25) is 4.79 Å². The van der Waals surface area contributed by atoms with E-state index in [0.29, 0.717) is 18.4 Å². The van der Waals surface area contributed by atoms with Crippen molar-refractivity contribution < 1.29 is 15.0 Å². The third-order valence-corrected chi connectivity index (χ3v) is 4.76. The molecule has 3 rings (SSSR count). The maximum absolute atomic E-state index is 12.7. The molecule has 0 fully saturated rings. The van der Waals surface area contributed by atoms with E-state index in [0.717, 1.165) is 34.9 Å². The minimum Gasteiger partial charge on any atom is -0.396 e. The van der Waals surface area contributed by atoms with Crippen LogP contribution in [0.5, 0.6) is 0 Å². The molecule has 0 bridgehead atoms. The van der Waals surface area contributed by atoms with E-state index in [-0.39, 0.29) is 25.2 Å². The fourth-order valence-electron chi connectivity index (χ4n) is 3.22. The molecule has 150 valence electrons. The lowest BCUT2D eigenvalue weighted by atomic mass is 10.0. The van der Waals surface area contributed by atoms with Gasteiger partial charge in [0.1, 0.15) is 0 Å². The number of unbranched alkanes of at least 4 members (excludes halogenated alkanes) is 2. The van der Waals surface area contributed by atoms with Crippen molar-refractivity contribution in [3.8, 4) is 11.8 Å². The Kier molecular flexibility index (Phi) is 7.46. The van der Waals surface area contributed by atoms with Gasteiger partial charge in [-0.15, -0.1) is 0 Å². The molecule has 1 heterocycles. The first-order valence-electron chi connectivity index (χ1n) is 9.87. The highest BCUT2D eigenvalue weighted by Crippen LogP contribution is 2.19. The number of aromatic amines is 1. The molecule has 2 aromatic carbocycles. The van der Waals surface area contributed by atoms with Gasteiger partial charge in [-0.25, -0.2) is 0 Å². The van der Waals surface area contributed by atoms with Crippen LogP contribution in [0, 0.1) is 11.8 Å². The summed E-state index contributed by atoms with van der Waals surface area (Å²) < 4.78 is 0. The van der Waals surface area contributed by atoms with Crippen molar-refractivity contribution in [3.05, 3.63) is 71.4 Å². The van der Waals surface area contributed by atoms with Crippen LogP contribution in [-0.2, 0) is 6.42 Å². The van der Waals surface area contributed by atoms with Gasteiger partial charge in [0.05, 0.1) is 12.6 Å². The van der Waals surface area contributed by atoms with Gasteiger partial charge in [0.25, 0.3) is 5.91 Å². The van der Waals surface area contributed by atoms with E-state index in [4.69, 9.17) is 5.11 Å². The van der Waals surface area contributed by atoms with Crippen LogP contribution in [0.3, 0.4) is 0 Å². The summed E-state index contributed by atoms with van der Waals surface area (Å²) in [5.41, 5.74) is 3.39. The summed E-state index contributed by atoms with van der Waals surface area (Å²) in [4.78, 5) is 15.9. The minimum absolute atomic E-state index is 0.143. The molecule has 5 nitrogen and oxygen atoms in total. The van der Waals surface area contributed by atoms with Crippen LogP contribution in [0.4, 0.5) is 0 Å². The Morgan fingerprint density at radius 3 is 2.79 bits per heavy atom. The topological polar surface area (TPSA) is 85.4 Å². The summed E-state index contributed by atoms with van der Waals surface area (Å²) in [6.07, 6.45) is 4.78. The number of benzene rings is 2. The van der Waals surface area contributed by atoms with Crippen LogP contribution < -0.4 is 5.32 Å². The Labute approximate surface area is 170 Å². The van der Waals surface area contributed by atoms with Crippen molar-refractivity contribution >= 4 is 16.8 Å². The molecule has 0 aliphatic carbocycles. The average Bonchev–Trinajstić information content (AvgIpc) is 3.16. The van der Waals surface area contributed by atoms with Crippen molar-refractivity contribution in [3.63, 3.8) is 0 Å². The molecule has 0 radical (unpaired) electrons. The van der Waals surface area contributed by atoms with Crippen molar-refractivity contribution in [2.24, 2.45) is 0 Å². The van der Waals surface area contributed by atoms with Gasteiger partial charge in [0.2, 0.25) is 0 Å². The van der Waals surface area contributed by atoms with Crippen molar-refractivity contribution in [2.75, 3.05) is 13.2 Å². The van der Waals surface area contributed by atoms with E-state index in [1.807, 2.05) is 36.5 Å². The molecule has 1 atom stereocenters. The molecule has 29 heavy (non-hydrogen) atoms. The second-order valence-electron chi connectivity index (χ2n) is 6.98. The average molecular weight is 390 g/mol. The smallest absolute Gasteiger partial charge is 0.251 e. The Hall–Kier alpha value is -3.07. The van der Waals surface area contributed by atoms with Gasteiger partial charge in [-0.2, -0.15) is 0 Å². The van der Waals surface area contributed by atoms with Gasteiger partial charge in [0, 0.05) is 41.3 Å². The Morgan fingerprint density at radius 2 is 1.97 bits per heavy atom. The van der Waals surface area contributed by atoms with Crippen LogP contribution in [0.15, 0.2) is 54.7 Å². The molecular weight excluding hydrogens is 364 g/mol. The molecule has 4 N–H and O–H groups in total. The van der Waals surface area contributed by atoms with Crippen molar-refractivity contribution in [1.82, 2.24) is 10.3 Å². The van der Waals surface area contributed by atoms with Crippen LogP contribution in [0.25, 0.3) is 10.9 Å². The molecule has 5 heteroatoms. The molecule has 1 aromatic heterocycles. The first-order chi connectivity index (χ1) is 14.2. The standard InChI is InChI=1S/C24H26N2O3/c27-13-6-2-1-3-8-18-9-7-10-19(14-18)24(29)26-21(17-28)15-20-16-25-23-12-5-4-11-22(20)23/h4-5,7,9-12,14,16,21,25,27-28H,1-2,6,13,15,17H2,(H,26,29). The SMILES string of the molecule is O=C(NC(CO)Cc1c[nH]c2ccccc12)c1cccc(C#CCCCCO)c1. The predicted octanol–water partition coefficient (Wildman–Crippen LogP) is 3.02. The summed E-state index contributed by atoms with van der Waals surface area (Å²) in [5.74, 6) is 5.89. The number of carbonyl (C=O) groups excluding carboxylic acids is 1. The monoisotopic (exact) mass is 390 g/mol. The normalized spacial score (nSPS) is 11.7. The number of fused-ring (bicyclic) bond motifs is 1. The maximum Gasteiger partial charge on any atom is 0.251 e. The van der Waals surface area contributed by atoms with Gasteiger partial charge < -0.3 is 20.5 Å². The summed E-state index contributed by atoms with van der Waals surface area (Å²) >= 11 is 0. The first-order valence-corrected chi connectivity index (χ1v) is 9.87. The van der Waals surface area contributed by atoms with Gasteiger partial charge in [0.15, 0.2) is 0 Å². The van der Waals surface area contributed by atoms with Crippen LogP contribution in [0.1, 0.15) is 40.7 Å². The van der Waals surface area contributed by atoms with E-state index < -0.39 is 0 Å². The number of carbonyl (C=O) groups is 1. The number of hydrogen-bond donors (Lipinski definition) is 4. The number of H-pyrrole nitrogens is 1. The van der Waals surface area contributed by atoms with Crippen molar-refractivity contribution in [1.29, 1.82) is 0 Å². The quantitative estimate of drug-likeness (QED) is 0.352. The number of para-hydroxylation sites is 1. The highest BCUT2D eigenvalue weighted by atomic mass is 16.3. The molecule has 0 saturated heterocycles. The largest absolute Gasteiger partial charge is 0.396 e. The highest BCUT2D eigenvalue weighted by molar-refractivity contribution is 5.94. The zero-order valence-corrected chi connectivity index (χ0v) is 16.3. The van der Waals surface area contributed by atoms with Crippen LogP contribution in [-0.4, -0.2) is 40.4 Å². The zero-order chi connectivity index (χ0) is 20.5. The van der Waals surface area contributed by atoms with E-state index in [1.165, 1.54) is 0 Å². The van der Waals surface area contributed by atoms with Crippen LogP contribution >= 0.6 is 0 Å². The van der Waals surface area contributed by atoms with E-state index in [9.17, 15) is 9.90 Å². The number of aliphatic hydroxyl groups excluding tert-OH is 2. The fourth-order valence-corrected chi connectivity index (χ4v) is 3.22. The second-order valence-corrected chi connectivity index (χ2v) is 6.98. The van der Waals surface area contributed by atoms with Gasteiger partial charge in [-0.1, -0.05) is 36.1 Å². The lowest BCUT2D eigenvalue weighted by Crippen LogP contribution is -2.39. The van der Waals surface area contributed by atoms with Gasteiger partial charge >= 0.3 is 0 Å². The Balaban J connectivity index is 1.64. The number of rotatable bonds is 8. The minimum atomic E-state index is -0.380. The molecule has 0 aliphatic heterocycles. The molecule has 3 aromatic rings. The predicted molar refractivity (Wildman–Crippen MR) is 115 cm³/mol. The van der Waals surface area contributed by atoms with E-state index in [1.54, 1.807) is 18.2 Å². The van der Waals surface area contributed by atoms with Crippen molar-refractivity contribution in [2.45, 2.75) is 31.7 Å². The Bertz CT molecular complexity index is 1010. The second kappa shape index (κ2) is 10.5. The van der Waals surface area contributed by atoms with Gasteiger partial charge in [-0.05, 0) is 49.1 Å². The molecular formula is C24H26N2O3. The third kappa shape index (κ3) is 5.71. The third-order valence-electron chi connectivity index (χ3n) is 4.76. The fraction of sp³-hybridized carbons (Fsp3) is 0.292. The lowest BCUT2D eigenvalue weighted by Gasteiger charge is -2.16. The highest BCUT2D eigenvalue weighted by Gasteiger charge is 2.15. The number of aliphatic hydroxyl groups is 2. The number of aromatic nitrogens is 1. The lowest BCUT2D eigenvalue weighted by molar-refractivity contribution is 0.0916. The van der Waals surface area contributed by atoms with E-state index in [2.05, 4.69) is 22.1 Å². The number of amides is 1. The molecule has 0 spiro atoms. The Morgan fingerprint density at radius 1 is 1.10 bits per heavy atom.